The fourth-order valence-electron chi connectivity index (χ4n) is 1.79. The summed E-state index contributed by atoms with van der Waals surface area (Å²) in [5.41, 5.74) is 2.04. The Kier molecular flexibility index (Phi) is 2.79. The van der Waals surface area contributed by atoms with Gasteiger partial charge in [0.2, 0.25) is 4.96 Å². The van der Waals surface area contributed by atoms with Crippen molar-refractivity contribution in [2.24, 2.45) is 0 Å². The van der Waals surface area contributed by atoms with Crippen LogP contribution in [-0.4, -0.2) is 21.7 Å². The van der Waals surface area contributed by atoms with E-state index in [1.165, 1.54) is 11.3 Å². The Bertz CT molecular complexity index is 790. The van der Waals surface area contributed by atoms with Crippen LogP contribution in [0, 0.1) is 6.92 Å². The highest BCUT2D eigenvalue weighted by molar-refractivity contribution is 7.15. The molecule has 2 aromatic heterocycles. The minimum atomic E-state index is -0.275. The molecular weight excluding hydrogens is 262 g/mol. The van der Waals surface area contributed by atoms with Gasteiger partial charge in [-0.25, -0.2) is 4.52 Å². The van der Waals surface area contributed by atoms with E-state index < -0.39 is 0 Å². The number of fused-ring (bicyclic) bond motifs is 1. The molecule has 5 nitrogen and oxygen atoms in total. The van der Waals surface area contributed by atoms with Gasteiger partial charge < -0.3 is 4.74 Å². The Balaban J connectivity index is 2.19. The van der Waals surface area contributed by atoms with Crippen molar-refractivity contribution in [2.45, 2.75) is 6.92 Å². The van der Waals surface area contributed by atoms with Gasteiger partial charge in [-0.2, -0.15) is 10.1 Å². The minimum Gasteiger partial charge on any atom is -0.497 e. The fraction of sp³-hybridized carbons (Fsp3) is 0.154. The number of nitrogens with zero attached hydrogens (tertiary/aromatic N) is 3. The molecule has 19 heavy (non-hydrogen) atoms. The van der Waals surface area contributed by atoms with Gasteiger partial charge in [0, 0.05) is 10.9 Å². The topological polar surface area (TPSA) is 56.5 Å². The highest BCUT2D eigenvalue weighted by Gasteiger charge is 2.09. The van der Waals surface area contributed by atoms with Crippen molar-refractivity contribution in [3.05, 3.63) is 45.7 Å². The zero-order valence-corrected chi connectivity index (χ0v) is 11.3. The molecule has 0 N–H and O–H groups in total. The Morgan fingerprint density at radius 2 is 2.00 bits per heavy atom. The number of aryl methyl sites for hydroxylation is 1. The molecular formula is C13H11N3O2S. The quantitative estimate of drug-likeness (QED) is 0.717. The number of thiazole rings is 1. The van der Waals surface area contributed by atoms with Crippen molar-refractivity contribution in [2.75, 3.05) is 7.11 Å². The summed E-state index contributed by atoms with van der Waals surface area (Å²) in [6.07, 6.45) is 0. The molecule has 0 fully saturated rings. The standard InChI is InChI=1S/C13H11N3O2S/c1-8-12(17)14-13-16(15-8)11(7-19-13)9-3-5-10(18-2)6-4-9/h3-7H,1-2H3. The minimum absolute atomic E-state index is 0.275. The average molecular weight is 273 g/mol. The van der Waals surface area contributed by atoms with E-state index >= 15 is 0 Å². The lowest BCUT2D eigenvalue weighted by Gasteiger charge is -2.03. The van der Waals surface area contributed by atoms with Crippen LogP contribution in [0.25, 0.3) is 16.2 Å². The largest absolute Gasteiger partial charge is 0.497 e. The van der Waals surface area contributed by atoms with Crippen molar-refractivity contribution in [1.29, 1.82) is 0 Å². The van der Waals surface area contributed by atoms with Crippen LogP contribution < -0.4 is 10.3 Å². The molecule has 0 saturated heterocycles. The molecule has 0 unspecified atom stereocenters. The molecule has 0 saturated carbocycles. The molecule has 3 rings (SSSR count). The lowest BCUT2D eigenvalue weighted by atomic mass is 10.2. The van der Waals surface area contributed by atoms with Crippen molar-refractivity contribution in [3.63, 3.8) is 0 Å². The first kappa shape index (κ1) is 11.9. The summed E-state index contributed by atoms with van der Waals surface area (Å²) in [5, 5.41) is 6.22. The van der Waals surface area contributed by atoms with E-state index in [1.54, 1.807) is 18.5 Å². The zero-order chi connectivity index (χ0) is 13.4. The molecule has 3 aromatic rings. The SMILES string of the molecule is COc1ccc(-c2csc3nc(=O)c(C)nn23)cc1. The van der Waals surface area contributed by atoms with E-state index in [-0.39, 0.29) is 5.56 Å². The van der Waals surface area contributed by atoms with E-state index in [4.69, 9.17) is 4.74 Å². The molecule has 0 aliphatic carbocycles. The number of rotatable bonds is 2. The van der Waals surface area contributed by atoms with Crippen LogP contribution in [0.4, 0.5) is 0 Å². The van der Waals surface area contributed by atoms with Gasteiger partial charge in [-0.15, -0.1) is 11.3 Å². The molecule has 0 radical (unpaired) electrons. The highest BCUT2D eigenvalue weighted by Crippen LogP contribution is 2.25. The van der Waals surface area contributed by atoms with Gasteiger partial charge in [-0.3, -0.25) is 4.79 Å². The number of aromatic nitrogens is 3. The molecule has 6 heteroatoms. The second kappa shape index (κ2) is 4.47. The van der Waals surface area contributed by atoms with Gasteiger partial charge in [0.25, 0.3) is 5.56 Å². The third-order valence-electron chi connectivity index (χ3n) is 2.83. The van der Waals surface area contributed by atoms with E-state index in [0.29, 0.717) is 10.7 Å². The van der Waals surface area contributed by atoms with Crippen LogP contribution in [0.5, 0.6) is 5.75 Å². The van der Waals surface area contributed by atoms with Crippen LogP contribution in [0.3, 0.4) is 0 Å². The second-order valence-electron chi connectivity index (χ2n) is 4.05. The molecule has 0 spiro atoms. The third-order valence-corrected chi connectivity index (χ3v) is 3.64. The van der Waals surface area contributed by atoms with E-state index in [9.17, 15) is 4.79 Å². The maximum atomic E-state index is 11.5. The van der Waals surface area contributed by atoms with Gasteiger partial charge in [0.1, 0.15) is 11.4 Å². The van der Waals surface area contributed by atoms with Crippen LogP contribution >= 0.6 is 11.3 Å². The maximum absolute atomic E-state index is 11.5. The predicted molar refractivity (Wildman–Crippen MR) is 73.9 cm³/mol. The van der Waals surface area contributed by atoms with Crippen LogP contribution in [0.1, 0.15) is 5.69 Å². The summed E-state index contributed by atoms with van der Waals surface area (Å²) in [4.78, 5) is 16.1. The van der Waals surface area contributed by atoms with Gasteiger partial charge in [-0.05, 0) is 31.2 Å². The number of methoxy groups -OCH3 is 1. The van der Waals surface area contributed by atoms with Crippen molar-refractivity contribution in [1.82, 2.24) is 14.6 Å². The second-order valence-corrected chi connectivity index (χ2v) is 4.88. The summed E-state index contributed by atoms with van der Waals surface area (Å²) in [6, 6.07) is 7.69. The van der Waals surface area contributed by atoms with Gasteiger partial charge in [-0.1, -0.05) is 0 Å². The first-order valence-corrected chi connectivity index (χ1v) is 6.56. The molecule has 0 aliphatic heterocycles. The Hall–Kier alpha value is -2.21. The number of hydrogen-bond acceptors (Lipinski definition) is 5. The third kappa shape index (κ3) is 2.00. The summed E-state index contributed by atoms with van der Waals surface area (Å²) in [7, 11) is 1.63. The summed E-state index contributed by atoms with van der Waals surface area (Å²) < 4.78 is 6.83. The maximum Gasteiger partial charge on any atom is 0.295 e. The lowest BCUT2D eigenvalue weighted by molar-refractivity contribution is 0.415. The Morgan fingerprint density at radius 1 is 1.26 bits per heavy atom. The van der Waals surface area contributed by atoms with E-state index in [2.05, 4.69) is 10.1 Å². The molecule has 1 aromatic carbocycles. The average Bonchev–Trinajstić information content (AvgIpc) is 2.82. The smallest absolute Gasteiger partial charge is 0.295 e. The predicted octanol–water partition coefficient (Wildman–Crippen LogP) is 2.14. The van der Waals surface area contributed by atoms with E-state index in [0.717, 1.165) is 17.0 Å². The van der Waals surface area contributed by atoms with Crippen LogP contribution in [-0.2, 0) is 0 Å². The van der Waals surface area contributed by atoms with Crippen molar-refractivity contribution < 1.29 is 4.74 Å². The van der Waals surface area contributed by atoms with Crippen LogP contribution in [0.15, 0.2) is 34.4 Å². The van der Waals surface area contributed by atoms with E-state index in [1.807, 2.05) is 29.6 Å². The van der Waals surface area contributed by atoms with Gasteiger partial charge in [0.05, 0.1) is 12.8 Å². The lowest BCUT2D eigenvalue weighted by Crippen LogP contribution is -2.14. The molecule has 96 valence electrons. The Morgan fingerprint density at radius 3 is 2.68 bits per heavy atom. The summed E-state index contributed by atoms with van der Waals surface area (Å²) in [6.45, 7) is 1.66. The monoisotopic (exact) mass is 273 g/mol. The fourth-order valence-corrected chi connectivity index (χ4v) is 2.62. The summed E-state index contributed by atoms with van der Waals surface area (Å²) in [5.74, 6) is 0.803. The number of ether oxygens (including phenoxy) is 1. The van der Waals surface area contributed by atoms with Crippen molar-refractivity contribution >= 4 is 16.3 Å². The molecule has 0 atom stereocenters. The van der Waals surface area contributed by atoms with Gasteiger partial charge in [0.15, 0.2) is 0 Å². The number of benzene rings is 1. The van der Waals surface area contributed by atoms with Gasteiger partial charge >= 0.3 is 0 Å². The first-order valence-electron chi connectivity index (χ1n) is 5.68. The summed E-state index contributed by atoms with van der Waals surface area (Å²) >= 11 is 1.40. The molecule has 0 aliphatic rings. The molecule has 0 amide bonds. The number of hydrogen-bond donors (Lipinski definition) is 0. The normalized spacial score (nSPS) is 10.8. The first-order chi connectivity index (χ1) is 9.19. The van der Waals surface area contributed by atoms with Crippen LogP contribution in [0.2, 0.25) is 0 Å². The van der Waals surface area contributed by atoms with Crippen molar-refractivity contribution in [3.8, 4) is 17.0 Å². The highest BCUT2D eigenvalue weighted by atomic mass is 32.1. The molecule has 0 bridgehead atoms. The Labute approximate surface area is 113 Å². The molecule has 2 heterocycles. The zero-order valence-electron chi connectivity index (χ0n) is 10.5.